The van der Waals surface area contributed by atoms with Crippen LogP contribution in [0.4, 0.5) is 0 Å². The van der Waals surface area contributed by atoms with Crippen molar-refractivity contribution in [3.8, 4) is 0 Å². The monoisotopic (exact) mass is 229 g/mol. The minimum atomic E-state index is -0.227. The Morgan fingerprint density at radius 2 is 2.38 bits per heavy atom. The Labute approximate surface area is 97.7 Å². The number of rotatable bonds is 5. The van der Waals surface area contributed by atoms with Crippen LogP contribution in [0.3, 0.4) is 0 Å². The number of hydrogen-bond donors (Lipinski definition) is 1. The predicted molar refractivity (Wildman–Crippen MR) is 62.3 cm³/mol. The zero-order chi connectivity index (χ0) is 12.0. The third-order valence-corrected chi connectivity index (χ3v) is 3.02. The van der Waals surface area contributed by atoms with Gasteiger partial charge in [0.15, 0.2) is 0 Å². The first kappa shape index (κ1) is 13.5. The van der Waals surface area contributed by atoms with E-state index in [-0.39, 0.29) is 12.0 Å². The fourth-order valence-electron chi connectivity index (χ4n) is 2.15. The molecular formula is C12H23NO3. The van der Waals surface area contributed by atoms with Crippen LogP contribution in [0.5, 0.6) is 0 Å². The number of nitrogens with one attached hydrogen (secondary N) is 1. The van der Waals surface area contributed by atoms with Gasteiger partial charge in [0, 0.05) is 12.6 Å². The van der Waals surface area contributed by atoms with Crippen LogP contribution in [0.2, 0.25) is 0 Å². The number of esters is 1. The van der Waals surface area contributed by atoms with Gasteiger partial charge in [0.05, 0.1) is 13.2 Å². The average Bonchev–Trinajstić information content (AvgIpc) is 2.29. The number of methoxy groups -OCH3 is 1. The van der Waals surface area contributed by atoms with E-state index in [0.29, 0.717) is 12.1 Å². The van der Waals surface area contributed by atoms with E-state index in [0.717, 1.165) is 32.3 Å². The molecule has 0 radical (unpaired) electrons. The lowest BCUT2D eigenvalue weighted by atomic mass is 9.99. The van der Waals surface area contributed by atoms with Gasteiger partial charge in [0.1, 0.15) is 6.04 Å². The van der Waals surface area contributed by atoms with Crippen molar-refractivity contribution < 1.29 is 14.3 Å². The van der Waals surface area contributed by atoms with E-state index in [4.69, 9.17) is 9.47 Å². The fraction of sp³-hybridized carbons (Fsp3) is 0.917. The zero-order valence-corrected chi connectivity index (χ0v) is 10.5. The molecule has 0 aromatic rings. The van der Waals surface area contributed by atoms with E-state index in [1.165, 1.54) is 7.11 Å². The molecule has 2 unspecified atom stereocenters. The molecule has 4 nitrogen and oxygen atoms in total. The molecule has 1 heterocycles. The van der Waals surface area contributed by atoms with E-state index in [1.54, 1.807) is 0 Å². The number of carbonyl (C=O) groups is 1. The van der Waals surface area contributed by atoms with Gasteiger partial charge < -0.3 is 14.8 Å². The van der Waals surface area contributed by atoms with Gasteiger partial charge >= 0.3 is 5.97 Å². The van der Waals surface area contributed by atoms with Crippen LogP contribution in [-0.2, 0) is 14.3 Å². The van der Waals surface area contributed by atoms with Gasteiger partial charge in [-0.25, -0.2) is 0 Å². The van der Waals surface area contributed by atoms with Crippen LogP contribution in [0.15, 0.2) is 0 Å². The number of carbonyl (C=O) groups excluding carboxylic acids is 1. The maximum Gasteiger partial charge on any atom is 0.322 e. The molecule has 0 aromatic carbocycles. The third kappa shape index (κ3) is 4.10. The van der Waals surface area contributed by atoms with Gasteiger partial charge in [-0.2, -0.15) is 0 Å². The van der Waals surface area contributed by atoms with E-state index in [2.05, 4.69) is 12.2 Å². The summed E-state index contributed by atoms with van der Waals surface area (Å²) in [5.41, 5.74) is 0. The molecule has 16 heavy (non-hydrogen) atoms. The molecule has 1 fully saturated rings. The molecule has 1 N–H and O–H groups in total. The first-order valence-electron chi connectivity index (χ1n) is 6.12. The molecule has 1 saturated heterocycles. The van der Waals surface area contributed by atoms with Crippen molar-refractivity contribution >= 4 is 5.97 Å². The number of hydrogen-bond acceptors (Lipinski definition) is 4. The van der Waals surface area contributed by atoms with Crippen LogP contribution in [0.1, 0.15) is 39.5 Å². The first-order chi connectivity index (χ1) is 7.67. The average molecular weight is 229 g/mol. The minimum Gasteiger partial charge on any atom is -0.468 e. The molecule has 0 saturated carbocycles. The molecule has 94 valence electrons. The molecule has 4 heteroatoms. The Bertz CT molecular complexity index is 218. The normalized spacial score (nSPS) is 27.4. The number of ether oxygens (including phenoxy) is 2. The van der Waals surface area contributed by atoms with E-state index in [1.807, 2.05) is 6.92 Å². The quantitative estimate of drug-likeness (QED) is 0.725. The van der Waals surface area contributed by atoms with Crippen molar-refractivity contribution in [1.82, 2.24) is 5.32 Å². The van der Waals surface area contributed by atoms with Gasteiger partial charge in [-0.15, -0.1) is 0 Å². The van der Waals surface area contributed by atoms with E-state index >= 15 is 0 Å². The summed E-state index contributed by atoms with van der Waals surface area (Å²) in [4.78, 5) is 11.3. The van der Waals surface area contributed by atoms with Crippen LogP contribution < -0.4 is 5.32 Å². The molecule has 1 aliphatic rings. The Morgan fingerprint density at radius 1 is 1.62 bits per heavy atom. The van der Waals surface area contributed by atoms with Gasteiger partial charge in [-0.3, -0.25) is 4.79 Å². The highest BCUT2D eigenvalue weighted by Gasteiger charge is 2.25. The lowest BCUT2D eigenvalue weighted by Gasteiger charge is -2.31. The second-order valence-electron chi connectivity index (χ2n) is 4.41. The molecule has 0 bridgehead atoms. The molecule has 3 atom stereocenters. The van der Waals surface area contributed by atoms with Crippen molar-refractivity contribution in [2.24, 2.45) is 0 Å². The van der Waals surface area contributed by atoms with Crippen molar-refractivity contribution in [2.45, 2.75) is 57.7 Å². The Balaban J connectivity index is 2.33. The second-order valence-corrected chi connectivity index (χ2v) is 4.41. The fourth-order valence-corrected chi connectivity index (χ4v) is 2.15. The summed E-state index contributed by atoms with van der Waals surface area (Å²) in [6.45, 7) is 4.80. The van der Waals surface area contributed by atoms with E-state index < -0.39 is 0 Å². The smallest absolute Gasteiger partial charge is 0.322 e. The Morgan fingerprint density at radius 3 is 3.00 bits per heavy atom. The van der Waals surface area contributed by atoms with Crippen molar-refractivity contribution in [3.63, 3.8) is 0 Å². The largest absolute Gasteiger partial charge is 0.468 e. The van der Waals surface area contributed by atoms with Crippen LogP contribution in [-0.4, -0.2) is 37.9 Å². The summed E-state index contributed by atoms with van der Waals surface area (Å²) in [5.74, 6) is -0.196. The molecule has 1 aliphatic heterocycles. The molecule has 1 rings (SSSR count). The van der Waals surface area contributed by atoms with Gasteiger partial charge in [0.2, 0.25) is 0 Å². The Kier molecular flexibility index (Phi) is 5.77. The maximum atomic E-state index is 11.3. The van der Waals surface area contributed by atoms with Crippen LogP contribution in [0, 0.1) is 0 Å². The second kappa shape index (κ2) is 6.86. The highest BCUT2D eigenvalue weighted by Crippen LogP contribution is 2.18. The molecular weight excluding hydrogens is 206 g/mol. The maximum absolute atomic E-state index is 11.3. The molecule has 0 aliphatic carbocycles. The summed E-state index contributed by atoms with van der Waals surface area (Å²) in [6.07, 6.45) is 4.56. The summed E-state index contributed by atoms with van der Waals surface area (Å²) in [7, 11) is 1.42. The Hall–Kier alpha value is -0.610. The summed E-state index contributed by atoms with van der Waals surface area (Å²) >= 11 is 0. The third-order valence-electron chi connectivity index (χ3n) is 3.02. The molecule has 0 amide bonds. The molecule has 0 aromatic heterocycles. The standard InChI is InChI=1S/C12H23NO3/c1-4-5-11-8-10(6-7-16-11)13-9(2)12(14)15-3/h9-11,13H,4-8H2,1-3H3/t9-,10?,11?/m0/s1. The zero-order valence-electron chi connectivity index (χ0n) is 10.5. The van der Waals surface area contributed by atoms with E-state index in [9.17, 15) is 4.79 Å². The van der Waals surface area contributed by atoms with Gasteiger partial charge in [-0.05, 0) is 26.2 Å². The summed E-state index contributed by atoms with van der Waals surface area (Å²) < 4.78 is 10.4. The van der Waals surface area contributed by atoms with Crippen molar-refractivity contribution in [2.75, 3.05) is 13.7 Å². The lowest BCUT2D eigenvalue weighted by molar-refractivity contribution is -0.143. The minimum absolute atomic E-state index is 0.196. The van der Waals surface area contributed by atoms with Gasteiger partial charge in [0.25, 0.3) is 0 Å². The SMILES string of the molecule is CCCC1CC(N[C@@H](C)C(=O)OC)CCO1. The van der Waals surface area contributed by atoms with Gasteiger partial charge in [-0.1, -0.05) is 13.3 Å². The summed E-state index contributed by atoms with van der Waals surface area (Å²) in [6, 6.07) is 0.148. The summed E-state index contributed by atoms with van der Waals surface area (Å²) in [5, 5.41) is 3.30. The van der Waals surface area contributed by atoms with Crippen molar-refractivity contribution in [3.05, 3.63) is 0 Å². The highest BCUT2D eigenvalue weighted by molar-refractivity contribution is 5.75. The van der Waals surface area contributed by atoms with Crippen molar-refractivity contribution in [1.29, 1.82) is 0 Å². The van der Waals surface area contributed by atoms with Crippen LogP contribution in [0.25, 0.3) is 0 Å². The van der Waals surface area contributed by atoms with Crippen LogP contribution >= 0.6 is 0 Å². The lowest BCUT2D eigenvalue weighted by Crippen LogP contribution is -2.46. The topological polar surface area (TPSA) is 47.6 Å². The predicted octanol–water partition coefficient (Wildman–Crippen LogP) is 1.49. The highest BCUT2D eigenvalue weighted by atomic mass is 16.5. The molecule has 0 spiro atoms. The first-order valence-corrected chi connectivity index (χ1v) is 6.12.